The van der Waals surface area contributed by atoms with Crippen LogP contribution in [0.2, 0.25) is 0 Å². The zero-order valence-electron chi connectivity index (χ0n) is 22.4. The lowest BCUT2D eigenvalue weighted by atomic mass is 10.2. The summed E-state index contributed by atoms with van der Waals surface area (Å²) < 4.78 is 61.5. The molecule has 2 aliphatic rings. The Labute approximate surface area is 239 Å². The topological polar surface area (TPSA) is 128 Å². The highest BCUT2D eigenvalue weighted by molar-refractivity contribution is 7.90. The zero-order valence-corrected chi connectivity index (χ0v) is 24.0. The third-order valence-electron chi connectivity index (χ3n) is 7.03. The molecular weight excluding hydrogens is 574 g/mol. The maximum Gasteiger partial charge on any atom is 0.295 e. The van der Waals surface area contributed by atoms with E-state index in [1.54, 1.807) is 12.1 Å². The normalized spacial score (nSPS) is 17.7. The molecule has 1 amide bonds. The van der Waals surface area contributed by atoms with E-state index in [0.29, 0.717) is 23.6 Å². The number of rotatable bonds is 8. The van der Waals surface area contributed by atoms with Crippen LogP contribution in [0.15, 0.2) is 34.5 Å². The molecule has 1 saturated carbocycles. The Kier molecular flexibility index (Phi) is 7.24. The summed E-state index contributed by atoms with van der Waals surface area (Å²) in [4.78, 5) is 25.8. The van der Waals surface area contributed by atoms with Crippen molar-refractivity contribution in [2.45, 2.75) is 56.6 Å². The zero-order chi connectivity index (χ0) is 28.9. The number of anilines is 3. The Hall–Kier alpha value is -3.49. The molecule has 3 aromatic heterocycles. The molecule has 1 unspecified atom stereocenters. The number of carbonyl (C=O) groups excluding carboxylic acids is 1. The van der Waals surface area contributed by atoms with E-state index >= 15 is 0 Å². The van der Waals surface area contributed by atoms with Gasteiger partial charge in [0.1, 0.15) is 22.6 Å². The van der Waals surface area contributed by atoms with E-state index in [1.165, 1.54) is 28.0 Å². The first kappa shape index (κ1) is 27.7. The van der Waals surface area contributed by atoms with Gasteiger partial charge in [-0.2, -0.15) is 0 Å². The number of aryl methyl sites for hydroxylation is 1. The number of benzene rings is 1. The van der Waals surface area contributed by atoms with Gasteiger partial charge in [-0.3, -0.25) is 9.36 Å². The van der Waals surface area contributed by atoms with E-state index in [0.717, 1.165) is 37.6 Å². The number of pyridine rings is 1. The summed E-state index contributed by atoms with van der Waals surface area (Å²) in [5, 5.41) is 8.43. The predicted molar refractivity (Wildman–Crippen MR) is 151 cm³/mol. The van der Waals surface area contributed by atoms with Crippen LogP contribution in [-0.2, 0) is 19.4 Å². The van der Waals surface area contributed by atoms with Crippen molar-refractivity contribution in [1.82, 2.24) is 19.5 Å². The SMILES string of the molecule is Cc1csc(-c2ccc(Nc3cc(NC(=O)C4CC4)nc4c3nc(C(F)F)n4C3CCCCO3)c(S(C)(=O)=O)c2)n1. The van der Waals surface area contributed by atoms with E-state index in [2.05, 4.69) is 25.6 Å². The van der Waals surface area contributed by atoms with E-state index < -0.39 is 28.3 Å². The molecule has 2 N–H and O–H groups in total. The number of hydrogen-bond donors (Lipinski definition) is 2. The molecular formula is C27H28F2N6O4S2. The molecule has 10 nitrogen and oxygen atoms in total. The second kappa shape index (κ2) is 10.7. The van der Waals surface area contributed by atoms with Crippen molar-refractivity contribution < 1.29 is 26.7 Å². The molecule has 41 heavy (non-hydrogen) atoms. The molecule has 1 aliphatic heterocycles. The Morgan fingerprint density at radius 2 is 1.93 bits per heavy atom. The van der Waals surface area contributed by atoms with Crippen molar-refractivity contribution >= 4 is 55.4 Å². The summed E-state index contributed by atoms with van der Waals surface area (Å²) in [5.41, 5.74) is 2.11. The Bertz CT molecular complexity index is 1740. The number of nitrogens with zero attached hydrogens (tertiary/aromatic N) is 4. The van der Waals surface area contributed by atoms with Gasteiger partial charge in [0.05, 0.1) is 16.3 Å². The van der Waals surface area contributed by atoms with Gasteiger partial charge in [-0.15, -0.1) is 11.3 Å². The van der Waals surface area contributed by atoms with Crippen LogP contribution in [0.25, 0.3) is 21.7 Å². The van der Waals surface area contributed by atoms with Crippen molar-refractivity contribution in [3.63, 3.8) is 0 Å². The summed E-state index contributed by atoms with van der Waals surface area (Å²) in [6, 6.07) is 6.36. The van der Waals surface area contributed by atoms with Crippen LogP contribution in [0.1, 0.15) is 56.3 Å². The van der Waals surface area contributed by atoms with Crippen LogP contribution in [0, 0.1) is 12.8 Å². The number of imidazole rings is 1. The molecule has 4 aromatic rings. The van der Waals surface area contributed by atoms with E-state index in [-0.39, 0.29) is 45.1 Å². The molecule has 1 saturated heterocycles. The first-order valence-corrected chi connectivity index (χ1v) is 16.0. The second-order valence-electron chi connectivity index (χ2n) is 10.4. The number of nitrogens with one attached hydrogen (secondary N) is 2. The smallest absolute Gasteiger partial charge is 0.295 e. The lowest BCUT2D eigenvalue weighted by Crippen LogP contribution is -2.21. The summed E-state index contributed by atoms with van der Waals surface area (Å²) >= 11 is 1.40. The second-order valence-corrected chi connectivity index (χ2v) is 13.2. The Morgan fingerprint density at radius 3 is 2.56 bits per heavy atom. The number of ether oxygens (including phenoxy) is 1. The average molecular weight is 603 g/mol. The van der Waals surface area contributed by atoms with Crippen molar-refractivity contribution in [3.05, 3.63) is 41.2 Å². The molecule has 2 fully saturated rings. The van der Waals surface area contributed by atoms with Crippen LogP contribution in [0.5, 0.6) is 0 Å². The fourth-order valence-electron chi connectivity index (χ4n) is 4.88. The number of carbonyl (C=O) groups is 1. The Morgan fingerprint density at radius 1 is 1.12 bits per heavy atom. The van der Waals surface area contributed by atoms with Crippen LogP contribution in [0.4, 0.5) is 26.0 Å². The number of halogens is 2. The summed E-state index contributed by atoms with van der Waals surface area (Å²) in [6.07, 6.45) is 1.14. The quantitative estimate of drug-likeness (QED) is 0.252. The maximum absolute atomic E-state index is 14.3. The van der Waals surface area contributed by atoms with Crippen molar-refractivity contribution in [2.24, 2.45) is 5.92 Å². The number of aromatic nitrogens is 4. The maximum atomic E-state index is 14.3. The van der Waals surface area contributed by atoms with Gasteiger partial charge in [0, 0.05) is 41.5 Å². The Balaban J connectivity index is 1.50. The molecule has 216 valence electrons. The monoisotopic (exact) mass is 602 g/mol. The minimum absolute atomic E-state index is 0.000473. The molecule has 0 bridgehead atoms. The number of thiazole rings is 1. The molecule has 4 heterocycles. The van der Waals surface area contributed by atoms with Gasteiger partial charge in [0.25, 0.3) is 6.43 Å². The van der Waals surface area contributed by atoms with Gasteiger partial charge in [-0.25, -0.2) is 32.2 Å². The van der Waals surface area contributed by atoms with E-state index in [9.17, 15) is 22.0 Å². The number of sulfone groups is 1. The minimum atomic E-state index is -3.73. The lowest BCUT2D eigenvalue weighted by Gasteiger charge is -2.25. The highest BCUT2D eigenvalue weighted by Crippen LogP contribution is 2.39. The van der Waals surface area contributed by atoms with Gasteiger partial charge in [-0.1, -0.05) is 0 Å². The van der Waals surface area contributed by atoms with Crippen molar-refractivity contribution in [3.8, 4) is 10.6 Å². The van der Waals surface area contributed by atoms with Gasteiger partial charge >= 0.3 is 0 Å². The van der Waals surface area contributed by atoms with Crippen LogP contribution < -0.4 is 10.6 Å². The van der Waals surface area contributed by atoms with Crippen LogP contribution in [0.3, 0.4) is 0 Å². The van der Waals surface area contributed by atoms with Gasteiger partial charge < -0.3 is 15.4 Å². The molecule has 0 radical (unpaired) electrons. The highest BCUT2D eigenvalue weighted by atomic mass is 32.2. The number of fused-ring (bicyclic) bond motifs is 1. The average Bonchev–Trinajstić information content (AvgIpc) is 3.58. The summed E-state index contributed by atoms with van der Waals surface area (Å²) in [7, 11) is -3.73. The first-order valence-electron chi connectivity index (χ1n) is 13.3. The third kappa shape index (κ3) is 5.68. The summed E-state index contributed by atoms with van der Waals surface area (Å²) in [6.45, 7) is 2.27. The standard InChI is InChI=1S/C27H28F2N6O4S2/c1-14-13-40-27(30-14)16-8-9-17(19(11-16)41(2,37)38)31-18-12-20(33-26(36)15-6-7-15)32-24-22(18)34-25(23(28)29)35(24)21-5-3-4-10-39-21/h8-9,11-13,15,21,23H,3-7,10H2,1-2H3,(H2,31,32,33,36). The summed E-state index contributed by atoms with van der Waals surface area (Å²) in [5.74, 6) is -0.695. The molecule has 0 spiro atoms. The number of alkyl halides is 2. The van der Waals surface area contributed by atoms with Crippen LogP contribution >= 0.6 is 11.3 Å². The molecule has 1 atom stereocenters. The van der Waals surface area contributed by atoms with Crippen LogP contribution in [-0.4, -0.2) is 46.7 Å². The molecule has 1 aromatic carbocycles. The van der Waals surface area contributed by atoms with Gasteiger partial charge in [0.2, 0.25) is 5.91 Å². The molecule has 6 rings (SSSR count). The van der Waals surface area contributed by atoms with Crippen molar-refractivity contribution in [1.29, 1.82) is 0 Å². The highest BCUT2D eigenvalue weighted by Gasteiger charge is 2.32. The molecule has 1 aliphatic carbocycles. The minimum Gasteiger partial charge on any atom is -0.358 e. The van der Waals surface area contributed by atoms with Crippen molar-refractivity contribution in [2.75, 3.05) is 23.5 Å². The first-order chi connectivity index (χ1) is 19.6. The number of hydrogen-bond acceptors (Lipinski definition) is 9. The van der Waals surface area contributed by atoms with Gasteiger partial charge in [0.15, 0.2) is 21.3 Å². The molecule has 14 heteroatoms. The predicted octanol–water partition coefficient (Wildman–Crippen LogP) is 6.00. The van der Waals surface area contributed by atoms with E-state index in [4.69, 9.17) is 4.74 Å². The fraction of sp³-hybridized carbons (Fsp3) is 0.407. The lowest BCUT2D eigenvalue weighted by molar-refractivity contribution is -0.117. The van der Waals surface area contributed by atoms with Gasteiger partial charge in [-0.05, 0) is 57.2 Å². The fourth-order valence-corrected chi connectivity index (χ4v) is 6.53. The largest absolute Gasteiger partial charge is 0.358 e. The third-order valence-corrected chi connectivity index (χ3v) is 9.18. The number of amides is 1. The van der Waals surface area contributed by atoms with E-state index in [1.807, 2.05) is 12.3 Å².